The molecular weight excluding hydrogens is 332 g/mol. The number of hydrogen-bond donors (Lipinski definition) is 2. The predicted octanol–water partition coefficient (Wildman–Crippen LogP) is -0.590. The second kappa shape index (κ2) is 6.23. The summed E-state index contributed by atoms with van der Waals surface area (Å²) in [5.74, 6) is -1.02. The molecule has 3 N–H and O–H groups in total. The third-order valence-electron chi connectivity index (χ3n) is 4.09. The van der Waals surface area contributed by atoms with E-state index in [1.54, 1.807) is 24.3 Å². The Morgan fingerprint density at radius 3 is 2.54 bits per heavy atom. The van der Waals surface area contributed by atoms with Gasteiger partial charge in [0.05, 0.1) is 17.2 Å². The third-order valence-corrected chi connectivity index (χ3v) is 5.86. The van der Waals surface area contributed by atoms with Crippen molar-refractivity contribution >= 4 is 33.1 Å². The number of rotatable bonds is 4. The molecule has 3 rings (SSSR count). The molecule has 0 aliphatic carbocycles. The van der Waals surface area contributed by atoms with Gasteiger partial charge in [0.25, 0.3) is 5.91 Å². The molecule has 24 heavy (non-hydrogen) atoms. The van der Waals surface area contributed by atoms with Gasteiger partial charge in [-0.25, -0.2) is 8.42 Å². The molecule has 2 amide bonds. The first-order valence-electron chi connectivity index (χ1n) is 7.58. The van der Waals surface area contributed by atoms with E-state index >= 15 is 0 Å². The molecule has 0 radical (unpaired) electrons. The van der Waals surface area contributed by atoms with Crippen molar-refractivity contribution in [1.82, 2.24) is 5.32 Å². The molecule has 1 aromatic carbocycles. The van der Waals surface area contributed by atoms with Gasteiger partial charge in [-0.05, 0) is 18.6 Å². The number of nitrogens with one attached hydrogen (secondary N) is 1. The number of benzene rings is 1. The molecule has 128 valence electrons. The molecule has 1 saturated heterocycles. The average molecular weight is 350 g/mol. The minimum Gasteiger partial charge on any atom is -0.368 e. The molecule has 0 bridgehead atoms. The number of sulfone groups is 1. The molecule has 8 nitrogen and oxygen atoms in total. The van der Waals surface area contributed by atoms with Gasteiger partial charge in [-0.3, -0.25) is 14.6 Å². The molecule has 2 aliphatic rings. The van der Waals surface area contributed by atoms with Crippen LogP contribution in [-0.4, -0.2) is 49.5 Å². The SMILES string of the molecule is NC(=O)[C@H]1CC(C(=O)N[C@H]2CCS(=O)(=O)C2)=NN1c1ccccc1. The minimum atomic E-state index is -3.08. The largest absolute Gasteiger partial charge is 0.368 e. The van der Waals surface area contributed by atoms with Gasteiger partial charge in [-0.1, -0.05) is 18.2 Å². The monoisotopic (exact) mass is 350 g/mol. The van der Waals surface area contributed by atoms with Crippen LogP contribution in [0.3, 0.4) is 0 Å². The summed E-state index contributed by atoms with van der Waals surface area (Å²) < 4.78 is 22.9. The van der Waals surface area contributed by atoms with Crippen molar-refractivity contribution in [3.63, 3.8) is 0 Å². The summed E-state index contributed by atoms with van der Waals surface area (Å²) in [7, 11) is -3.08. The van der Waals surface area contributed by atoms with Gasteiger partial charge < -0.3 is 11.1 Å². The van der Waals surface area contributed by atoms with E-state index in [4.69, 9.17) is 5.73 Å². The first kappa shape index (κ1) is 16.4. The predicted molar refractivity (Wildman–Crippen MR) is 89.2 cm³/mol. The van der Waals surface area contributed by atoms with E-state index in [-0.39, 0.29) is 23.6 Å². The Hall–Kier alpha value is -2.42. The van der Waals surface area contributed by atoms with Gasteiger partial charge in [0.1, 0.15) is 11.8 Å². The van der Waals surface area contributed by atoms with E-state index in [1.165, 1.54) is 5.01 Å². The standard InChI is InChI=1S/C15H18N4O4S/c16-14(20)13-8-12(18-19(13)11-4-2-1-3-5-11)15(21)17-10-6-7-24(22,23)9-10/h1-5,10,13H,6-9H2,(H2,16,20)(H,17,21)/t10-,13+/m0/s1. The molecule has 0 saturated carbocycles. The third kappa shape index (κ3) is 3.40. The average Bonchev–Trinajstić information content (AvgIpc) is 3.12. The van der Waals surface area contributed by atoms with Crippen LogP contribution in [0.15, 0.2) is 35.4 Å². The van der Waals surface area contributed by atoms with Crippen LogP contribution in [-0.2, 0) is 19.4 Å². The number of carbonyl (C=O) groups is 2. The maximum absolute atomic E-state index is 12.3. The van der Waals surface area contributed by atoms with Crippen molar-refractivity contribution < 1.29 is 18.0 Å². The van der Waals surface area contributed by atoms with E-state index in [0.717, 1.165) is 0 Å². The lowest BCUT2D eigenvalue weighted by molar-refractivity contribution is -0.119. The Morgan fingerprint density at radius 2 is 1.96 bits per heavy atom. The Labute approximate surface area is 139 Å². The number of para-hydroxylation sites is 1. The van der Waals surface area contributed by atoms with E-state index in [1.807, 2.05) is 6.07 Å². The Morgan fingerprint density at radius 1 is 1.25 bits per heavy atom. The second-order valence-corrected chi connectivity index (χ2v) is 8.15. The number of hydrogen-bond acceptors (Lipinski definition) is 6. The molecule has 9 heteroatoms. The fourth-order valence-corrected chi connectivity index (χ4v) is 4.54. The highest BCUT2D eigenvalue weighted by atomic mass is 32.2. The summed E-state index contributed by atoms with van der Waals surface area (Å²) in [6.07, 6.45) is 0.485. The van der Waals surface area contributed by atoms with Gasteiger partial charge in [-0.15, -0.1) is 0 Å². The Kier molecular flexibility index (Phi) is 4.27. The first-order chi connectivity index (χ1) is 11.4. The number of hydrazone groups is 1. The summed E-state index contributed by atoms with van der Waals surface area (Å²) >= 11 is 0. The topological polar surface area (TPSA) is 122 Å². The zero-order valence-electron chi connectivity index (χ0n) is 12.9. The van der Waals surface area contributed by atoms with Crippen molar-refractivity contribution in [3.05, 3.63) is 30.3 Å². The van der Waals surface area contributed by atoms with Crippen molar-refractivity contribution in [2.45, 2.75) is 24.9 Å². The fourth-order valence-electron chi connectivity index (χ4n) is 2.87. The van der Waals surface area contributed by atoms with Crippen LogP contribution in [0.2, 0.25) is 0 Å². The maximum Gasteiger partial charge on any atom is 0.267 e. The van der Waals surface area contributed by atoms with E-state index in [9.17, 15) is 18.0 Å². The summed E-state index contributed by atoms with van der Waals surface area (Å²) in [4.78, 5) is 24.0. The normalized spacial score (nSPS) is 25.3. The minimum absolute atomic E-state index is 0.0618. The molecule has 1 aromatic rings. The lowest BCUT2D eigenvalue weighted by Crippen LogP contribution is -2.41. The van der Waals surface area contributed by atoms with E-state index in [0.29, 0.717) is 12.1 Å². The number of anilines is 1. The van der Waals surface area contributed by atoms with Crippen molar-refractivity contribution in [2.24, 2.45) is 10.8 Å². The van der Waals surface area contributed by atoms with Crippen molar-refractivity contribution in [3.8, 4) is 0 Å². The highest BCUT2D eigenvalue weighted by molar-refractivity contribution is 7.91. The highest BCUT2D eigenvalue weighted by Gasteiger charge is 2.36. The van der Waals surface area contributed by atoms with E-state index < -0.39 is 33.7 Å². The lowest BCUT2D eigenvalue weighted by atomic mass is 10.1. The smallest absolute Gasteiger partial charge is 0.267 e. The van der Waals surface area contributed by atoms with Gasteiger partial charge in [0.15, 0.2) is 9.84 Å². The molecule has 2 atom stereocenters. The van der Waals surface area contributed by atoms with Crippen LogP contribution in [0, 0.1) is 0 Å². The zero-order valence-corrected chi connectivity index (χ0v) is 13.7. The number of carbonyl (C=O) groups excluding carboxylic acids is 2. The second-order valence-electron chi connectivity index (χ2n) is 5.92. The van der Waals surface area contributed by atoms with Gasteiger partial charge in [-0.2, -0.15) is 5.10 Å². The molecule has 0 unspecified atom stereocenters. The summed E-state index contributed by atoms with van der Waals surface area (Å²) in [5.41, 5.74) is 6.25. The van der Waals surface area contributed by atoms with Crippen molar-refractivity contribution in [1.29, 1.82) is 0 Å². The van der Waals surface area contributed by atoms with Crippen LogP contribution < -0.4 is 16.1 Å². The lowest BCUT2D eigenvalue weighted by Gasteiger charge is -2.20. The van der Waals surface area contributed by atoms with Gasteiger partial charge in [0, 0.05) is 12.5 Å². The molecule has 0 aromatic heterocycles. The number of nitrogens with zero attached hydrogens (tertiary/aromatic N) is 2. The first-order valence-corrected chi connectivity index (χ1v) is 9.40. The van der Waals surface area contributed by atoms with Crippen LogP contribution in [0.25, 0.3) is 0 Å². The number of primary amides is 1. The van der Waals surface area contributed by atoms with E-state index in [2.05, 4.69) is 10.4 Å². The van der Waals surface area contributed by atoms with Gasteiger partial charge >= 0.3 is 0 Å². The van der Waals surface area contributed by atoms with Crippen LogP contribution >= 0.6 is 0 Å². The summed E-state index contributed by atoms with van der Waals surface area (Å²) in [5, 5.41) is 8.34. The van der Waals surface area contributed by atoms with Crippen molar-refractivity contribution in [2.75, 3.05) is 16.5 Å². The highest BCUT2D eigenvalue weighted by Crippen LogP contribution is 2.24. The maximum atomic E-state index is 12.3. The molecule has 1 fully saturated rings. The zero-order chi connectivity index (χ0) is 17.3. The molecule has 2 aliphatic heterocycles. The molecular formula is C15H18N4O4S. The van der Waals surface area contributed by atoms with Crippen LogP contribution in [0.1, 0.15) is 12.8 Å². The quantitative estimate of drug-likeness (QED) is 0.751. The Balaban J connectivity index is 1.76. The fraction of sp³-hybridized carbons (Fsp3) is 0.400. The molecule has 0 spiro atoms. The van der Waals surface area contributed by atoms with Crippen LogP contribution in [0.4, 0.5) is 5.69 Å². The number of nitrogens with two attached hydrogens (primary N) is 1. The molecule has 2 heterocycles. The Bertz CT molecular complexity index is 791. The number of amides is 2. The van der Waals surface area contributed by atoms with Gasteiger partial charge in [0.2, 0.25) is 5.91 Å². The summed E-state index contributed by atoms with van der Waals surface area (Å²) in [6, 6.07) is 7.81. The summed E-state index contributed by atoms with van der Waals surface area (Å²) in [6.45, 7) is 0. The van der Waals surface area contributed by atoms with Crippen LogP contribution in [0.5, 0.6) is 0 Å².